The van der Waals surface area contributed by atoms with Crippen molar-refractivity contribution in [3.05, 3.63) is 29.6 Å². The molecule has 1 aromatic rings. The summed E-state index contributed by atoms with van der Waals surface area (Å²) < 4.78 is 0. The molecule has 0 N–H and O–H groups in total. The van der Waals surface area contributed by atoms with Crippen LogP contribution >= 0.6 is 0 Å². The minimum Gasteiger partial charge on any atom is -0.304 e. The van der Waals surface area contributed by atoms with Crippen LogP contribution in [0.5, 0.6) is 0 Å². The van der Waals surface area contributed by atoms with Crippen molar-refractivity contribution < 1.29 is 0 Å². The van der Waals surface area contributed by atoms with Gasteiger partial charge in [0.2, 0.25) is 0 Å². The summed E-state index contributed by atoms with van der Waals surface area (Å²) in [5.41, 5.74) is 2.37. The molecule has 0 radical (unpaired) electrons. The molecule has 1 aromatic heterocycles. The van der Waals surface area contributed by atoms with E-state index in [-0.39, 0.29) is 0 Å². The van der Waals surface area contributed by atoms with Gasteiger partial charge in [-0.15, -0.1) is 0 Å². The van der Waals surface area contributed by atoms with E-state index in [0.717, 1.165) is 19.0 Å². The molecule has 2 rings (SSSR count). The Balaban J connectivity index is 0.000000861. The lowest BCUT2D eigenvalue weighted by molar-refractivity contribution is 0.0884. The van der Waals surface area contributed by atoms with Crippen LogP contribution in [0.25, 0.3) is 0 Å². The molecule has 1 saturated heterocycles. The number of likely N-dealkylation sites (tertiary alicyclic amines) is 1. The van der Waals surface area contributed by atoms with Crippen LogP contribution in [0.3, 0.4) is 0 Å². The summed E-state index contributed by atoms with van der Waals surface area (Å²) in [5, 5.41) is 0. The molecule has 1 aliphatic rings. The molecule has 0 aliphatic carbocycles. The molecule has 1 fully saturated rings. The second kappa shape index (κ2) is 8.28. The second-order valence-corrected chi connectivity index (χ2v) is 5.33. The van der Waals surface area contributed by atoms with Crippen LogP contribution in [0.15, 0.2) is 18.2 Å². The molecular formula is C16H29N3. The first kappa shape index (κ1) is 16.1. The van der Waals surface area contributed by atoms with E-state index in [1.165, 1.54) is 30.9 Å². The van der Waals surface area contributed by atoms with Gasteiger partial charge in [-0.1, -0.05) is 33.3 Å². The first-order valence-corrected chi connectivity index (χ1v) is 7.49. The normalized spacial score (nSPS) is 15.9. The van der Waals surface area contributed by atoms with Gasteiger partial charge in [-0.3, -0.25) is 9.88 Å². The van der Waals surface area contributed by atoms with Gasteiger partial charge in [-0.25, -0.2) is 0 Å². The Morgan fingerprint density at radius 3 is 2.42 bits per heavy atom. The van der Waals surface area contributed by atoms with Gasteiger partial charge in [-0.05, 0) is 32.1 Å². The maximum atomic E-state index is 4.70. The number of rotatable bonds is 5. The highest BCUT2D eigenvalue weighted by molar-refractivity contribution is 5.11. The van der Waals surface area contributed by atoms with Crippen LogP contribution < -0.4 is 0 Å². The highest BCUT2D eigenvalue weighted by Crippen LogP contribution is 2.20. The van der Waals surface area contributed by atoms with Gasteiger partial charge < -0.3 is 4.90 Å². The van der Waals surface area contributed by atoms with E-state index >= 15 is 0 Å². The minimum absolute atomic E-state index is 0.917. The summed E-state index contributed by atoms with van der Waals surface area (Å²) in [7, 11) is 4.16. The predicted molar refractivity (Wildman–Crippen MR) is 82.0 cm³/mol. The van der Waals surface area contributed by atoms with E-state index in [9.17, 15) is 0 Å². The number of aromatic nitrogens is 1. The fraction of sp³-hybridized carbons (Fsp3) is 0.688. The molecule has 1 aliphatic heterocycles. The molecule has 0 aromatic carbocycles. The molecule has 0 bridgehead atoms. The quantitative estimate of drug-likeness (QED) is 0.814. The summed E-state index contributed by atoms with van der Waals surface area (Å²) in [6.45, 7) is 10.7. The molecule has 0 saturated carbocycles. The fourth-order valence-corrected chi connectivity index (χ4v) is 2.32. The Morgan fingerprint density at radius 2 is 1.84 bits per heavy atom. The van der Waals surface area contributed by atoms with Crippen molar-refractivity contribution in [2.75, 3.05) is 27.2 Å². The summed E-state index contributed by atoms with van der Waals surface area (Å²) in [6, 6.07) is 6.37. The maximum absolute atomic E-state index is 4.70. The second-order valence-electron chi connectivity index (χ2n) is 5.33. The summed E-state index contributed by atoms with van der Waals surface area (Å²) in [6.07, 6.45) is 1.31. The zero-order chi connectivity index (χ0) is 14.3. The monoisotopic (exact) mass is 263 g/mol. The molecule has 0 atom stereocenters. The summed E-state index contributed by atoms with van der Waals surface area (Å²) in [5.74, 6) is 0.917. The van der Waals surface area contributed by atoms with Crippen molar-refractivity contribution in [2.24, 2.45) is 5.92 Å². The smallest absolute Gasteiger partial charge is 0.0547 e. The van der Waals surface area contributed by atoms with Gasteiger partial charge in [-0.2, -0.15) is 0 Å². The van der Waals surface area contributed by atoms with Crippen LogP contribution in [-0.4, -0.2) is 42.0 Å². The van der Waals surface area contributed by atoms with Crippen molar-refractivity contribution in [1.82, 2.24) is 14.8 Å². The number of hydrogen-bond donors (Lipinski definition) is 0. The first-order valence-electron chi connectivity index (χ1n) is 7.49. The van der Waals surface area contributed by atoms with Crippen LogP contribution in [0.1, 0.15) is 38.6 Å². The molecule has 3 nitrogen and oxygen atoms in total. The number of hydrogen-bond acceptors (Lipinski definition) is 3. The van der Waals surface area contributed by atoms with Crippen molar-refractivity contribution in [3.63, 3.8) is 0 Å². The first-order chi connectivity index (χ1) is 9.17. The lowest BCUT2D eigenvalue weighted by Gasteiger charge is -2.38. The number of nitrogens with zero attached hydrogens (tertiary/aromatic N) is 3. The Labute approximate surface area is 118 Å². The van der Waals surface area contributed by atoms with Gasteiger partial charge in [0, 0.05) is 26.2 Å². The van der Waals surface area contributed by atoms with Crippen LogP contribution in [-0.2, 0) is 13.1 Å². The van der Waals surface area contributed by atoms with Gasteiger partial charge in [0.15, 0.2) is 0 Å². The van der Waals surface area contributed by atoms with E-state index in [1.54, 1.807) is 0 Å². The average Bonchev–Trinajstić information content (AvgIpc) is 2.35. The van der Waals surface area contributed by atoms with Crippen LogP contribution in [0, 0.1) is 5.92 Å². The highest BCUT2D eigenvalue weighted by atomic mass is 15.2. The topological polar surface area (TPSA) is 19.4 Å². The highest BCUT2D eigenvalue weighted by Gasteiger charge is 2.24. The summed E-state index contributed by atoms with van der Waals surface area (Å²) in [4.78, 5) is 9.34. The molecule has 0 spiro atoms. The lowest BCUT2D eigenvalue weighted by atomic mass is 9.97. The minimum atomic E-state index is 0.917. The van der Waals surface area contributed by atoms with Gasteiger partial charge in [0.25, 0.3) is 0 Å². The fourth-order valence-electron chi connectivity index (χ4n) is 2.32. The lowest BCUT2D eigenvalue weighted by Crippen LogP contribution is -2.45. The predicted octanol–water partition coefficient (Wildman–Crippen LogP) is 3.01. The van der Waals surface area contributed by atoms with Crippen molar-refractivity contribution in [2.45, 2.75) is 40.3 Å². The number of pyridine rings is 1. The molecule has 0 amide bonds. The molecule has 0 unspecified atom stereocenters. The summed E-state index contributed by atoms with van der Waals surface area (Å²) >= 11 is 0. The Bertz CT molecular complexity index is 357. The van der Waals surface area contributed by atoms with E-state index in [0.29, 0.717) is 0 Å². The van der Waals surface area contributed by atoms with Crippen molar-refractivity contribution in [3.8, 4) is 0 Å². The van der Waals surface area contributed by atoms with Gasteiger partial charge >= 0.3 is 0 Å². The Hall–Kier alpha value is -0.930. The standard InChI is InChI=1S/C14H23N3.C2H6/c1-4-12-8-17(9-12)11-14-7-5-6-13(15-14)10-16(2)3;1-2/h5-7,12H,4,8-11H2,1-3H3;1-2H3. The largest absolute Gasteiger partial charge is 0.304 e. The Morgan fingerprint density at radius 1 is 1.21 bits per heavy atom. The zero-order valence-corrected chi connectivity index (χ0v) is 13.2. The molecule has 19 heavy (non-hydrogen) atoms. The average molecular weight is 263 g/mol. The van der Waals surface area contributed by atoms with E-state index in [2.05, 4.69) is 49.0 Å². The van der Waals surface area contributed by atoms with E-state index < -0.39 is 0 Å². The molecular weight excluding hydrogens is 234 g/mol. The third kappa shape index (κ3) is 5.29. The third-order valence-electron chi connectivity index (χ3n) is 3.34. The SMILES string of the molecule is CC.CCC1CN(Cc2cccc(CN(C)C)n2)C1. The Kier molecular flexibility index (Phi) is 7.03. The maximum Gasteiger partial charge on any atom is 0.0547 e. The van der Waals surface area contributed by atoms with Crippen molar-refractivity contribution in [1.29, 1.82) is 0 Å². The van der Waals surface area contributed by atoms with Crippen molar-refractivity contribution >= 4 is 0 Å². The molecule has 2 heterocycles. The van der Waals surface area contributed by atoms with Crippen LogP contribution in [0.4, 0.5) is 0 Å². The zero-order valence-electron chi connectivity index (χ0n) is 13.2. The molecule has 108 valence electrons. The van der Waals surface area contributed by atoms with E-state index in [4.69, 9.17) is 4.98 Å². The third-order valence-corrected chi connectivity index (χ3v) is 3.34. The molecule has 3 heteroatoms. The van der Waals surface area contributed by atoms with Gasteiger partial charge in [0.05, 0.1) is 11.4 Å². The van der Waals surface area contributed by atoms with Crippen LogP contribution in [0.2, 0.25) is 0 Å². The van der Waals surface area contributed by atoms with E-state index in [1.807, 2.05) is 13.8 Å². The van der Waals surface area contributed by atoms with Gasteiger partial charge in [0.1, 0.15) is 0 Å².